The minimum atomic E-state index is -0.880. The zero-order valence-corrected chi connectivity index (χ0v) is 12.1. The largest absolute Gasteiger partial charge is 0.448 e. The van der Waals surface area contributed by atoms with E-state index in [9.17, 15) is 9.18 Å². The molecule has 0 aliphatic heterocycles. The van der Waals surface area contributed by atoms with Crippen LogP contribution in [0.1, 0.15) is 5.89 Å². The van der Waals surface area contributed by atoms with Gasteiger partial charge in [-0.15, -0.1) is 11.8 Å². The third kappa shape index (κ3) is 3.45. The van der Waals surface area contributed by atoms with Crippen LogP contribution >= 0.6 is 23.4 Å². The van der Waals surface area contributed by atoms with Gasteiger partial charge in [-0.2, -0.15) is 0 Å². The van der Waals surface area contributed by atoms with Gasteiger partial charge in [0.2, 0.25) is 5.89 Å². The zero-order chi connectivity index (χ0) is 15.4. The number of thioether (sulfide) groups is 1. The van der Waals surface area contributed by atoms with E-state index in [0.717, 1.165) is 17.8 Å². The standard InChI is InChI=1S/C11H11ClFN5O2S/c12-6-1-2-7(13)9(18(15)11(19)17-14)10(6)21-5-8-16-3-4-20-8/h1-4H,5,14-15H2,(H,17,19). The molecule has 0 bridgehead atoms. The number of carbonyl (C=O) groups is 1. The lowest BCUT2D eigenvalue weighted by Gasteiger charge is -2.20. The molecule has 2 aromatic rings. The molecular formula is C11H11ClFN5O2S. The molecule has 0 aliphatic rings. The monoisotopic (exact) mass is 331 g/mol. The van der Waals surface area contributed by atoms with Gasteiger partial charge in [0.15, 0.2) is 0 Å². The van der Waals surface area contributed by atoms with Gasteiger partial charge >= 0.3 is 6.03 Å². The van der Waals surface area contributed by atoms with Crippen LogP contribution in [0, 0.1) is 5.82 Å². The van der Waals surface area contributed by atoms with Crippen molar-refractivity contribution in [2.24, 2.45) is 11.7 Å². The Morgan fingerprint density at radius 1 is 1.57 bits per heavy atom. The van der Waals surface area contributed by atoms with E-state index in [2.05, 4.69) is 4.98 Å². The van der Waals surface area contributed by atoms with Crippen molar-refractivity contribution in [3.63, 3.8) is 0 Å². The van der Waals surface area contributed by atoms with Crippen molar-refractivity contribution in [2.45, 2.75) is 10.6 Å². The lowest BCUT2D eigenvalue weighted by atomic mass is 10.3. The third-order valence-corrected chi connectivity index (χ3v) is 3.96. The quantitative estimate of drug-likeness (QED) is 0.342. The van der Waals surface area contributed by atoms with Gasteiger partial charge in [-0.05, 0) is 12.1 Å². The molecule has 0 unspecified atom stereocenters. The predicted octanol–water partition coefficient (Wildman–Crippen LogP) is 2.02. The Morgan fingerprint density at radius 3 is 2.95 bits per heavy atom. The van der Waals surface area contributed by atoms with E-state index in [1.807, 2.05) is 5.43 Å². The van der Waals surface area contributed by atoms with E-state index < -0.39 is 11.8 Å². The second kappa shape index (κ2) is 6.76. The Balaban J connectivity index is 2.34. The number of urea groups is 1. The van der Waals surface area contributed by atoms with Gasteiger partial charge in [0.05, 0.1) is 21.9 Å². The fraction of sp³-hybridized carbons (Fsp3) is 0.0909. The average Bonchev–Trinajstić information content (AvgIpc) is 2.99. The molecule has 0 spiro atoms. The molecule has 0 fully saturated rings. The summed E-state index contributed by atoms with van der Waals surface area (Å²) >= 11 is 7.18. The second-order valence-electron chi connectivity index (χ2n) is 3.74. The number of aromatic nitrogens is 1. The molecule has 1 aromatic heterocycles. The minimum Gasteiger partial charge on any atom is -0.448 e. The molecule has 2 rings (SSSR count). The van der Waals surface area contributed by atoms with Crippen LogP contribution in [0.4, 0.5) is 14.9 Å². The SMILES string of the molecule is NNC(=O)N(N)c1c(F)ccc(Cl)c1SCc1ncco1. The van der Waals surface area contributed by atoms with Crippen LogP contribution < -0.4 is 22.1 Å². The first-order valence-electron chi connectivity index (χ1n) is 5.59. The lowest BCUT2D eigenvalue weighted by molar-refractivity contribution is 0.246. The summed E-state index contributed by atoms with van der Waals surface area (Å²) in [5.41, 5.74) is 1.64. The molecule has 0 saturated carbocycles. The molecule has 21 heavy (non-hydrogen) atoms. The van der Waals surface area contributed by atoms with Gasteiger partial charge in [0.1, 0.15) is 17.8 Å². The van der Waals surface area contributed by atoms with Gasteiger partial charge < -0.3 is 4.42 Å². The number of nitrogens with two attached hydrogens (primary N) is 2. The third-order valence-electron chi connectivity index (χ3n) is 2.44. The highest BCUT2D eigenvalue weighted by atomic mass is 35.5. The molecule has 0 aliphatic carbocycles. The molecular weight excluding hydrogens is 321 g/mol. The molecule has 1 aromatic carbocycles. The van der Waals surface area contributed by atoms with Crippen LogP contribution in [-0.4, -0.2) is 11.0 Å². The van der Waals surface area contributed by atoms with Gasteiger partial charge in [0.25, 0.3) is 0 Å². The number of anilines is 1. The number of oxazole rings is 1. The molecule has 0 saturated heterocycles. The van der Waals surface area contributed by atoms with Crippen molar-refractivity contribution in [1.82, 2.24) is 10.4 Å². The lowest BCUT2D eigenvalue weighted by Crippen LogP contribution is -2.48. The normalized spacial score (nSPS) is 10.5. The fourth-order valence-corrected chi connectivity index (χ4v) is 2.78. The number of benzene rings is 1. The summed E-state index contributed by atoms with van der Waals surface area (Å²) in [5.74, 6) is 10.6. The van der Waals surface area contributed by atoms with Crippen LogP contribution in [0.25, 0.3) is 0 Å². The summed E-state index contributed by atoms with van der Waals surface area (Å²) in [6, 6.07) is 1.59. The van der Waals surface area contributed by atoms with Crippen molar-refractivity contribution in [3.8, 4) is 0 Å². The Kier molecular flexibility index (Phi) is 5.02. The summed E-state index contributed by atoms with van der Waals surface area (Å²) < 4.78 is 19.1. The van der Waals surface area contributed by atoms with Crippen molar-refractivity contribution in [2.75, 3.05) is 5.01 Å². The van der Waals surface area contributed by atoms with Crippen LogP contribution in [0.5, 0.6) is 0 Å². The molecule has 7 nitrogen and oxygen atoms in total. The summed E-state index contributed by atoms with van der Waals surface area (Å²) in [5, 5.41) is 0.794. The highest BCUT2D eigenvalue weighted by Gasteiger charge is 2.22. The number of nitrogens with one attached hydrogen (secondary N) is 1. The number of hydrogen-bond acceptors (Lipinski definition) is 6. The summed E-state index contributed by atoms with van der Waals surface area (Å²) in [6.45, 7) is 0. The van der Waals surface area contributed by atoms with Crippen LogP contribution in [-0.2, 0) is 5.75 Å². The number of amides is 2. The van der Waals surface area contributed by atoms with Crippen LogP contribution in [0.15, 0.2) is 33.9 Å². The topological polar surface area (TPSA) is 110 Å². The van der Waals surface area contributed by atoms with Crippen molar-refractivity contribution >= 4 is 35.1 Å². The van der Waals surface area contributed by atoms with Crippen LogP contribution in [0.2, 0.25) is 5.02 Å². The van der Waals surface area contributed by atoms with Gasteiger partial charge in [-0.25, -0.2) is 30.9 Å². The first-order chi connectivity index (χ1) is 10.0. The maximum Gasteiger partial charge on any atom is 0.350 e. The summed E-state index contributed by atoms with van der Waals surface area (Å²) in [7, 11) is 0. The van der Waals surface area contributed by atoms with E-state index in [4.69, 9.17) is 27.7 Å². The van der Waals surface area contributed by atoms with E-state index in [1.165, 1.54) is 18.5 Å². The van der Waals surface area contributed by atoms with Gasteiger partial charge in [-0.1, -0.05) is 11.6 Å². The van der Waals surface area contributed by atoms with E-state index >= 15 is 0 Å². The van der Waals surface area contributed by atoms with E-state index in [-0.39, 0.29) is 15.6 Å². The Bertz CT molecular complexity index is 640. The smallest absolute Gasteiger partial charge is 0.350 e. The average molecular weight is 332 g/mol. The zero-order valence-electron chi connectivity index (χ0n) is 10.5. The van der Waals surface area contributed by atoms with E-state index in [1.54, 1.807) is 0 Å². The summed E-state index contributed by atoms with van der Waals surface area (Å²) in [6.07, 6.45) is 2.90. The molecule has 10 heteroatoms. The first-order valence-corrected chi connectivity index (χ1v) is 6.95. The number of nitrogens with zero attached hydrogens (tertiary/aromatic N) is 2. The van der Waals surface area contributed by atoms with Crippen LogP contribution in [0.3, 0.4) is 0 Å². The maximum absolute atomic E-state index is 14.0. The van der Waals surface area contributed by atoms with E-state index in [0.29, 0.717) is 16.7 Å². The Labute approximate surface area is 128 Å². The highest BCUT2D eigenvalue weighted by molar-refractivity contribution is 7.98. The number of hydrazine groups is 2. The second-order valence-corrected chi connectivity index (χ2v) is 5.13. The number of hydrogen-bond donors (Lipinski definition) is 3. The van der Waals surface area contributed by atoms with Crippen molar-refractivity contribution in [1.29, 1.82) is 0 Å². The number of rotatable bonds is 4. The molecule has 2 amide bonds. The van der Waals surface area contributed by atoms with Gasteiger partial charge in [0, 0.05) is 0 Å². The number of carbonyl (C=O) groups excluding carboxylic acids is 1. The van der Waals surface area contributed by atoms with Gasteiger partial charge in [-0.3, -0.25) is 5.43 Å². The summed E-state index contributed by atoms with van der Waals surface area (Å²) in [4.78, 5) is 15.7. The molecule has 0 atom stereocenters. The molecule has 0 radical (unpaired) electrons. The Hall–Kier alpha value is -1.81. The first kappa shape index (κ1) is 15.6. The van der Waals surface area contributed by atoms with Crippen molar-refractivity contribution in [3.05, 3.63) is 41.3 Å². The fourth-order valence-electron chi connectivity index (χ4n) is 1.51. The highest BCUT2D eigenvalue weighted by Crippen LogP contribution is 2.39. The molecule has 5 N–H and O–H groups in total. The molecule has 1 heterocycles. The molecule has 112 valence electrons. The number of halogens is 2. The predicted molar refractivity (Wildman–Crippen MR) is 76.9 cm³/mol. The maximum atomic E-state index is 14.0. The Morgan fingerprint density at radius 2 is 2.33 bits per heavy atom. The minimum absolute atomic E-state index is 0.179. The van der Waals surface area contributed by atoms with Crippen molar-refractivity contribution < 1.29 is 13.6 Å².